The van der Waals surface area contributed by atoms with Gasteiger partial charge in [0.1, 0.15) is 0 Å². The second kappa shape index (κ2) is 12.2. The Hall–Kier alpha value is -5.54. The maximum absolute atomic E-state index is 2.70. The maximum atomic E-state index is 2.70. The lowest BCUT2D eigenvalue weighted by Crippen LogP contribution is -2.62. The average molecular weight is 755 g/mol. The Morgan fingerprint density at radius 1 is 0.483 bits per heavy atom. The van der Waals surface area contributed by atoms with Gasteiger partial charge in [-0.3, -0.25) is 0 Å². The number of fused-ring (bicyclic) bond motifs is 10. The van der Waals surface area contributed by atoms with E-state index in [1.165, 1.54) is 100 Å². The summed E-state index contributed by atoms with van der Waals surface area (Å²) in [6.07, 6.45) is 0. The molecule has 58 heavy (non-hydrogen) atoms. The second-order valence-corrected chi connectivity index (χ2v) is 20.7. The van der Waals surface area contributed by atoms with Gasteiger partial charge in [-0.1, -0.05) is 167 Å². The van der Waals surface area contributed by atoms with Crippen LogP contribution in [0.15, 0.2) is 133 Å². The first-order valence-electron chi connectivity index (χ1n) is 21.2. The molecule has 0 amide bonds. The highest BCUT2D eigenvalue weighted by Gasteiger charge is 2.49. The van der Waals surface area contributed by atoms with Crippen molar-refractivity contribution in [2.24, 2.45) is 0 Å². The summed E-state index contributed by atoms with van der Waals surface area (Å²) in [7, 11) is 0. The van der Waals surface area contributed by atoms with Crippen molar-refractivity contribution in [1.82, 2.24) is 0 Å². The van der Waals surface area contributed by atoms with Crippen LogP contribution in [0.4, 0.5) is 28.4 Å². The molecule has 2 heterocycles. The Balaban J connectivity index is 1.37. The molecular weight excluding hydrogens is 699 g/mol. The highest BCUT2D eigenvalue weighted by Crippen LogP contribution is 2.58. The summed E-state index contributed by atoms with van der Waals surface area (Å²) >= 11 is 0. The van der Waals surface area contributed by atoms with E-state index >= 15 is 0 Å². The molecule has 1 aliphatic carbocycles. The minimum Gasteiger partial charge on any atom is -0.376 e. The molecule has 0 spiro atoms. The lowest BCUT2D eigenvalue weighted by Gasteiger charge is -2.47. The summed E-state index contributed by atoms with van der Waals surface area (Å²) in [5.74, 6) is 0. The molecule has 0 atom stereocenters. The van der Waals surface area contributed by atoms with Gasteiger partial charge in [0.05, 0.1) is 0 Å². The molecule has 0 bridgehead atoms. The molecule has 0 aromatic heterocycles. The van der Waals surface area contributed by atoms with E-state index < -0.39 is 0 Å². The molecule has 7 aromatic rings. The number of nitrogens with zero attached hydrogens (tertiary/aromatic N) is 2. The van der Waals surface area contributed by atoms with Crippen molar-refractivity contribution in [2.75, 3.05) is 9.71 Å². The molecule has 0 fully saturated rings. The third-order valence-electron chi connectivity index (χ3n) is 13.5. The van der Waals surface area contributed by atoms with Crippen LogP contribution in [-0.2, 0) is 21.7 Å². The molecule has 3 aliphatic rings. The van der Waals surface area contributed by atoms with Gasteiger partial charge < -0.3 is 9.71 Å². The third kappa shape index (κ3) is 5.31. The Kier molecular flexibility index (Phi) is 7.76. The van der Waals surface area contributed by atoms with Crippen molar-refractivity contribution >= 4 is 57.0 Å². The van der Waals surface area contributed by atoms with Crippen molar-refractivity contribution in [3.63, 3.8) is 0 Å². The van der Waals surface area contributed by atoms with E-state index in [4.69, 9.17) is 0 Å². The largest absolute Gasteiger partial charge is 0.376 e. The average Bonchev–Trinajstić information content (AvgIpc) is 3.42. The van der Waals surface area contributed by atoms with Crippen LogP contribution in [0.2, 0.25) is 0 Å². The second-order valence-electron chi connectivity index (χ2n) is 20.7. The van der Waals surface area contributed by atoms with E-state index in [1.807, 2.05) is 0 Å². The molecule has 0 saturated heterocycles. The van der Waals surface area contributed by atoms with Crippen molar-refractivity contribution in [2.45, 2.75) is 97.8 Å². The lowest BCUT2D eigenvalue weighted by atomic mass is 9.42. The zero-order valence-corrected chi connectivity index (χ0v) is 36.2. The van der Waals surface area contributed by atoms with Gasteiger partial charge in [-0.25, -0.2) is 0 Å². The van der Waals surface area contributed by atoms with E-state index in [0.29, 0.717) is 0 Å². The van der Waals surface area contributed by atoms with E-state index in [0.717, 1.165) is 0 Å². The van der Waals surface area contributed by atoms with Crippen LogP contribution in [-0.4, -0.2) is 6.85 Å². The summed E-state index contributed by atoms with van der Waals surface area (Å²) in [6.45, 7) is 25.7. The summed E-state index contributed by atoms with van der Waals surface area (Å²) in [5.41, 5.74) is 21.1. The van der Waals surface area contributed by atoms with Gasteiger partial charge in [0.2, 0.25) is 0 Å². The molecule has 0 radical (unpaired) electrons. The van der Waals surface area contributed by atoms with Crippen LogP contribution < -0.4 is 20.6 Å². The Morgan fingerprint density at radius 3 is 1.71 bits per heavy atom. The highest BCUT2D eigenvalue weighted by molar-refractivity contribution is 6.94. The summed E-state index contributed by atoms with van der Waals surface area (Å²) < 4.78 is 0. The Labute approximate surface area is 346 Å². The van der Waals surface area contributed by atoms with Crippen LogP contribution in [0.25, 0.3) is 33.0 Å². The Morgan fingerprint density at radius 2 is 1.05 bits per heavy atom. The zero-order chi connectivity index (χ0) is 40.7. The number of rotatable bonds is 2. The first kappa shape index (κ1) is 36.8. The molecule has 0 N–H and O–H groups in total. The van der Waals surface area contributed by atoms with Gasteiger partial charge in [-0.15, -0.1) is 0 Å². The predicted octanol–water partition coefficient (Wildman–Crippen LogP) is 13.7. The minimum atomic E-state index is -0.204. The van der Waals surface area contributed by atoms with E-state index in [9.17, 15) is 0 Å². The highest BCUT2D eigenvalue weighted by atomic mass is 15.2. The van der Waals surface area contributed by atoms with Crippen molar-refractivity contribution in [3.05, 3.63) is 161 Å². The van der Waals surface area contributed by atoms with Gasteiger partial charge in [-0.05, 0) is 125 Å². The van der Waals surface area contributed by atoms with E-state index in [2.05, 4.69) is 219 Å². The third-order valence-corrected chi connectivity index (χ3v) is 13.5. The van der Waals surface area contributed by atoms with Crippen LogP contribution in [0.1, 0.15) is 104 Å². The quantitative estimate of drug-likeness (QED) is 0.162. The van der Waals surface area contributed by atoms with Crippen LogP contribution in [0.3, 0.4) is 0 Å². The molecular formula is C55H55BN2. The topological polar surface area (TPSA) is 6.48 Å². The normalized spacial score (nSPS) is 15.2. The van der Waals surface area contributed by atoms with Gasteiger partial charge in [-0.2, -0.15) is 0 Å². The molecule has 2 aliphatic heterocycles. The SMILES string of the molecule is CC(C)(C)c1ccc(N2B3c4cc(C(C)(C)C)ccc4N(c4ccc(C(C)(C)C)cc4)c4cc5ccccc5c(c43)-c3c2ccc2c3C(C)(C)c3ccccc3-2)cc1. The van der Waals surface area contributed by atoms with Crippen molar-refractivity contribution < 1.29 is 0 Å². The van der Waals surface area contributed by atoms with Gasteiger partial charge in [0, 0.05) is 39.4 Å². The van der Waals surface area contributed by atoms with Crippen LogP contribution >= 0.6 is 0 Å². The molecule has 10 rings (SSSR count). The molecule has 3 heteroatoms. The first-order valence-corrected chi connectivity index (χ1v) is 21.2. The van der Waals surface area contributed by atoms with E-state index in [-0.39, 0.29) is 28.5 Å². The molecule has 7 aromatic carbocycles. The van der Waals surface area contributed by atoms with Gasteiger partial charge in [0.25, 0.3) is 0 Å². The monoisotopic (exact) mass is 754 g/mol. The number of hydrogen-bond acceptors (Lipinski definition) is 2. The van der Waals surface area contributed by atoms with Crippen LogP contribution in [0.5, 0.6) is 0 Å². The van der Waals surface area contributed by atoms with Crippen molar-refractivity contribution in [3.8, 4) is 22.3 Å². The Bertz CT molecular complexity index is 2800. The number of anilines is 5. The standard InChI is InChI=1S/C55H55BN2/c1-52(2,3)35-20-25-38(26-21-35)57-45-30-24-37(54(7,8)9)33-44(45)56-51-47(57)32-34-16-12-13-17-40(34)48(51)49-46(58(56)39-27-22-36(23-28-39)53(4,5)6)31-29-42-41-18-14-15-19-43(41)55(10,11)50(42)49/h12-33H,1-11H3. The molecule has 2 nitrogen and oxygen atoms in total. The fourth-order valence-corrected chi connectivity index (χ4v) is 10.3. The molecule has 0 saturated carbocycles. The summed E-state index contributed by atoms with van der Waals surface area (Å²) in [5, 5.41) is 2.58. The zero-order valence-electron chi connectivity index (χ0n) is 36.2. The van der Waals surface area contributed by atoms with Crippen molar-refractivity contribution in [1.29, 1.82) is 0 Å². The van der Waals surface area contributed by atoms with Gasteiger partial charge in [0.15, 0.2) is 0 Å². The molecule has 288 valence electrons. The van der Waals surface area contributed by atoms with Crippen LogP contribution in [0, 0.1) is 0 Å². The lowest BCUT2D eigenvalue weighted by molar-refractivity contribution is 0.590. The first-order chi connectivity index (χ1) is 27.4. The summed E-state index contributed by atoms with van der Waals surface area (Å²) in [4.78, 5) is 5.28. The summed E-state index contributed by atoms with van der Waals surface area (Å²) in [6, 6.07) is 51.7. The van der Waals surface area contributed by atoms with Gasteiger partial charge >= 0.3 is 6.85 Å². The fourth-order valence-electron chi connectivity index (χ4n) is 10.3. The maximum Gasteiger partial charge on any atom is 0.333 e. The molecule has 0 unspecified atom stereocenters. The van der Waals surface area contributed by atoms with E-state index in [1.54, 1.807) is 0 Å². The minimum absolute atomic E-state index is 0.0247. The fraction of sp³-hybridized carbons (Fsp3) is 0.273. The number of benzene rings is 7. The number of hydrogen-bond donors (Lipinski definition) is 0. The predicted molar refractivity (Wildman–Crippen MR) is 251 cm³/mol. The smallest absolute Gasteiger partial charge is 0.333 e.